The summed E-state index contributed by atoms with van der Waals surface area (Å²) in [5.74, 6) is -0.281. The molecule has 1 aliphatic rings. The minimum absolute atomic E-state index is 0.0596. The maximum atomic E-state index is 12.5. The fourth-order valence-electron chi connectivity index (χ4n) is 3.46. The summed E-state index contributed by atoms with van der Waals surface area (Å²) in [5.41, 5.74) is 2.66. The number of benzene rings is 1. The molecule has 0 saturated carbocycles. The lowest BCUT2D eigenvalue weighted by molar-refractivity contribution is 0.0785. The summed E-state index contributed by atoms with van der Waals surface area (Å²) >= 11 is 0. The van der Waals surface area contributed by atoms with Gasteiger partial charge in [0.15, 0.2) is 0 Å². The molecule has 1 saturated heterocycles. The predicted octanol–water partition coefficient (Wildman–Crippen LogP) is 2.73. The van der Waals surface area contributed by atoms with E-state index >= 15 is 0 Å². The van der Waals surface area contributed by atoms with E-state index in [-0.39, 0.29) is 17.9 Å². The Kier molecular flexibility index (Phi) is 5.98. The molecule has 3 heterocycles. The summed E-state index contributed by atoms with van der Waals surface area (Å²) < 4.78 is 0. The molecule has 4 rings (SSSR count). The maximum Gasteiger partial charge on any atom is 0.272 e. The van der Waals surface area contributed by atoms with Crippen LogP contribution in [0.3, 0.4) is 0 Å². The smallest absolute Gasteiger partial charge is 0.272 e. The van der Waals surface area contributed by atoms with E-state index in [0.29, 0.717) is 31.0 Å². The average molecular weight is 401 g/mol. The lowest BCUT2D eigenvalue weighted by atomic mass is 10.2. The zero-order valence-electron chi connectivity index (χ0n) is 16.5. The second-order valence-corrected chi connectivity index (χ2v) is 7.19. The molecular formula is C23H23N5O2. The second kappa shape index (κ2) is 9.17. The summed E-state index contributed by atoms with van der Waals surface area (Å²) in [6.45, 7) is 1.71. The Hall–Kier alpha value is -3.74. The van der Waals surface area contributed by atoms with Gasteiger partial charge in [0.25, 0.3) is 11.8 Å². The summed E-state index contributed by atoms with van der Waals surface area (Å²) in [4.78, 5) is 35.1. The van der Waals surface area contributed by atoms with Gasteiger partial charge in [0, 0.05) is 43.8 Å². The Morgan fingerprint density at radius 2 is 1.77 bits per heavy atom. The molecule has 1 unspecified atom stereocenters. The minimum atomic E-state index is -0.221. The molecule has 1 fully saturated rings. The van der Waals surface area contributed by atoms with Crippen LogP contribution in [0.1, 0.15) is 33.0 Å². The third-order valence-electron chi connectivity index (χ3n) is 5.02. The predicted molar refractivity (Wildman–Crippen MR) is 114 cm³/mol. The summed E-state index contributed by atoms with van der Waals surface area (Å²) in [5, 5.41) is 6.30. The molecule has 0 spiro atoms. The molecule has 0 aliphatic carbocycles. The Labute approximate surface area is 175 Å². The van der Waals surface area contributed by atoms with Crippen LogP contribution in [-0.2, 0) is 6.54 Å². The number of amides is 2. The Balaban J connectivity index is 1.33. The SMILES string of the molecule is O=C(NCc1ccccc1)c1cc(NC2CCN(C(=O)c3ccccn3)C2)ccn1. The van der Waals surface area contributed by atoms with E-state index in [4.69, 9.17) is 0 Å². The van der Waals surface area contributed by atoms with Crippen LogP contribution in [-0.4, -0.2) is 45.8 Å². The highest BCUT2D eigenvalue weighted by molar-refractivity contribution is 5.93. The van der Waals surface area contributed by atoms with Crippen molar-refractivity contribution in [1.82, 2.24) is 20.2 Å². The molecule has 0 radical (unpaired) electrons. The van der Waals surface area contributed by atoms with Gasteiger partial charge in [0.05, 0.1) is 0 Å². The number of hydrogen-bond acceptors (Lipinski definition) is 5. The molecule has 30 heavy (non-hydrogen) atoms. The highest BCUT2D eigenvalue weighted by Crippen LogP contribution is 2.18. The Morgan fingerprint density at radius 1 is 0.967 bits per heavy atom. The standard InChI is InChI=1S/C23H23N5O2/c29-22(26-15-17-6-2-1-3-7-17)21-14-18(9-12-25-21)27-19-10-13-28(16-19)23(30)20-8-4-5-11-24-20/h1-9,11-12,14,19H,10,13,15-16H2,(H,25,27)(H,26,29). The molecule has 152 valence electrons. The van der Waals surface area contributed by atoms with Gasteiger partial charge < -0.3 is 15.5 Å². The fraction of sp³-hybridized carbons (Fsp3) is 0.217. The van der Waals surface area contributed by atoms with Gasteiger partial charge in [-0.25, -0.2) is 0 Å². The lowest BCUT2D eigenvalue weighted by Crippen LogP contribution is -2.32. The Morgan fingerprint density at radius 3 is 2.57 bits per heavy atom. The molecule has 1 atom stereocenters. The van der Waals surface area contributed by atoms with E-state index in [2.05, 4.69) is 20.6 Å². The number of carbonyl (C=O) groups is 2. The van der Waals surface area contributed by atoms with Crippen molar-refractivity contribution in [3.05, 3.63) is 90.0 Å². The van der Waals surface area contributed by atoms with Gasteiger partial charge in [-0.1, -0.05) is 36.4 Å². The zero-order chi connectivity index (χ0) is 20.8. The summed E-state index contributed by atoms with van der Waals surface area (Å²) in [7, 11) is 0. The van der Waals surface area contributed by atoms with E-state index in [1.54, 1.807) is 35.5 Å². The van der Waals surface area contributed by atoms with Gasteiger partial charge in [0.2, 0.25) is 0 Å². The number of rotatable bonds is 6. The molecule has 3 aromatic rings. The molecule has 2 N–H and O–H groups in total. The number of carbonyl (C=O) groups excluding carboxylic acids is 2. The van der Waals surface area contributed by atoms with E-state index in [0.717, 1.165) is 17.7 Å². The summed E-state index contributed by atoms with van der Waals surface area (Å²) in [6, 6.07) is 18.8. The van der Waals surface area contributed by atoms with Crippen LogP contribution in [0.15, 0.2) is 73.1 Å². The largest absolute Gasteiger partial charge is 0.380 e. The molecule has 0 bridgehead atoms. The topological polar surface area (TPSA) is 87.2 Å². The molecule has 2 aromatic heterocycles. The number of anilines is 1. The number of hydrogen-bond donors (Lipinski definition) is 2. The zero-order valence-corrected chi connectivity index (χ0v) is 16.5. The van der Waals surface area contributed by atoms with Crippen LogP contribution in [0, 0.1) is 0 Å². The summed E-state index contributed by atoms with van der Waals surface area (Å²) in [6.07, 6.45) is 4.07. The van der Waals surface area contributed by atoms with E-state index < -0.39 is 0 Å². The monoisotopic (exact) mass is 401 g/mol. The highest BCUT2D eigenvalue weighted by Gasteiger charge is 2.27. The van der Waals surface area contributed by atoms with Gasteiger partial charge in [-0.15, -0.1) is 0 Å². The quantitative estimate of drug-likeness (QED) is 0.663. The van der Waals surface area contributed by atoms with Crippen molar-refractivity contribution >= 4 is 17.5 Å². The van der Waals surface area contributed by atoms with E-state index in [1.165, 1.54) is 0 Å². The number of nitrogens with zero attached hydrogens (tertiary/aromatic N) is 3. The van der Waals surface area contributed by atoms with Crippen molar-refractivity contribution in [2.45, 2.75) is 19.0 Å². The van der Waals surface area contributed by atoms with Crippen LogP contribution in [0.5, 0.6) is 0 Å². The van der Waals surface area contributed by atoms with Crippen molar-refractivity contribution in [1.29, 1.82) is 0 Å². The average Bonchev–Trinajstić information content (AvgIpc) is 3.27. The number of likely N-dealkylation sites (tertiary alicyclic amines) is 1. The van der Waals surface area contributed by atoms with Crippen LogP contribution >= 0.6 is 0 Å². The van der Waals surface area contributed by atoms with Gasteiger partial charge in [-0.05, 0) is 36.2 Å². The van der Waals surface area contributed by atoms with Crippen LogP contribution < -0.4 is 10.6 Å². The molecule has 1 aromatic carbocycles. The first-order valence-electron chi connectivity index (χ1n) is 9.94. The highest BCUT2D eigenvalue weighted by atomic mass is 16.2. The third kappa shape index (κ3) is 4.81. The van der Waals surface area contributed by atoms with Gasteiger partial charge >= 0.3 is 0 Å². The molecule has 7 heteroatoms. The van der Waals surface area contributed by atoms with Crippen LogP contribution in [0.2, 0.25) is 0 Å². The third-order valence-corrected chi connectivity index (χ3v) is 5.02. The molecule has 7 nitrogen and oxygen atoms in total. The van der Waals surface area contributed by atoms with Gasteiger partial charge in [-0.2, -0.15) is 0 Å². The van der Waals surface area contributed by atoms with Crippen molar-refractivity contribution in [2.75, 3.05) is 18.4 Å². The molecule has 2 amide bonds. The van der Waals surface area contributed by atoms with E-state index in [9.17, 15) is 9.59 Å². The van der Waals surface area contributed by atoms with Crippen LogP contribution in [0.25, 0.3) is 0 Å². The first-order valence-corrected chi connectivity index (χ1v) is 9.94. The number of nitrogens with one attached hydrogen (secondary N) is 2. The van der Waals surface area contributed by atoms with Gasteiger partial charge in [-0.3, -0.25) is 19.6 Å². The number of pyridine rings is 2. The molecule has 1 aliphatic heterocycles. The first-order chi connectivity index (χ1) is 14.7. The maximum absolute atomic E-state index is 12.5. The lowest BCUT2D eigenvalue weighted by Gasteiger charge is -2.17. The van der Waals surface area contributed by atoms with Crippen molar-refractivity contribution in [2.24, 2.45) is 0 Å². The number of aromatic nitrogens is 2. The first kappa shape index (κ1) is 19.6. The second-order valence-electron chi connectivity index (χ2n) is 7.19. The van der Waals surface area contributed by atoms with Crippen LogP contribution in [0.4, 0.5) is 5.69 Å². The molecular weight excluding hydrogens is 378 g/mol. The normalized spacial score (nSPS) is 15.6. The van der Waals surface area contributed by atoms with Gasteiger partial charge in [0.1, 0.15) is 11.4 Å². The van der Waals surface area contributed by atoms with E-state index in [1.807, 2.05) is 42.5 Å². The minimum Gasteiger partial charge on any atom is -0.380 e. The van der Waals surface area contributed by atoms with Crippen molar-refractivity contribution in [3.8, 4) is 0 Å². The Bertz CT molecular complexity index is 1010. The fourth-order valence-corrected chi connectivity index (χ4v) is 3.46. The van der Waals surface area contributed by atoms with Crippen molar-refractivity contribution in [3.63, 3.8) is 0 Å². The van der Waals surface area contributed by atoms with Crippen molar-refractivity contribution < 1.29 is 9.59 Å².